The molecule has 0 aliphatic carbocycles. The Kier molecular flexibility index (Phi) is 5.67. The summed E-state index contributed by atoms with van der Waals surface area (Å²) < 4.78 is 5.50. The number of rotatable bonds is 5. The molecule has 0 unspecified atom stereocenters. The van der Waals surface area contributed by atoms with Crippen molar-refractivity contribution in [2.75, 3.05) is 43.2 Å². The predicted octanol–water partition coefficient (Wildman–Crippen LogP) is 2.87. The molecule has 0 saturated carbocycles. The highest BCUT2D eigenvalue weighted by atomic mass is 16.5. The molecule has 2 aromatic carbocycles. The molecule has 1 saturated heterocycles. The number of benzene rings is 2. The minimum Gasteiger partial charge on any atom is -0.495 e. The first-order chi connectivity index (χ1) is 14.3. The van der Waals surface area contributed by atoms with E-state index in [9.17, 15) is 4.79 Å². The Balaban J connectivity index is 1.56. The Bertz CT molecular complexity index is 944. The number of hydrogen-bond acceptors (Lipinski definition) is 6. The number of nitrogens with zero attached hydrogens (tertiary/aromatic N) is 5. The first-order valence-electron chi connectivity index (χ1n) is 9.56. The molecule has 0 atom stereocenters. The van der Waals surface area contributed by atoms with Crippen LogP contribution in [0.1, 0.15) is 10.4 Å². The van der Waals surface area contributed by atoms with Gasteiger partial charge in [-0.25, -0.2) is 20.0 Å². The van der Waals surface area contributed by atoms with Crippen LogP contribution in [-0.4, -0.2) is 54.2 Å². The Labute approximate surface area is 170 Å². The van der Waals surface area contributed by atoms with Gasteiger partial charge in [0.1, 0.15) is 12.1 Å². The molecule has 7 heteroatoms. The van der Waals surface area contributed by atoms with Crippen LogP contribution in [0.5, 0.6) is 5.75 Å². The van der Waals surface area contributed by atoms with Gasteiger partial charge in [0.25, 0.3) is 5.91 Å². The van der Waals surface area contributed by atoms with E-state index in [2.05, 4.69) is 20.9 Å². The molecule has 3 aromatic rings. The fourth-order valence-corrected chi connectivity index (χ4v) is 3.52. The normalized spacial score (nSPS) is 14.4. The summed E-state index contributed by atoms with van der Waals surface area (Å²) in [4.78, 5) is 23.9. The molecule has 0 bridgehead atoms. The largest absolute Gasteiger partial charge is 0.495 e. The topological polar surface area (TPSA) is 61.8 Å². The molecule has 7 nitrogen and oxygen atoms in total. The lowest BCUT2D eigenvalue weighted by Crippen LogP contribution is -2.56. The number of hydrazine groups is 1. The highest BCUT2D eigenvalue weighted by Crippen LogP contribution is 2.29. The van der Waals surface area contributed by atoms with Gasteiger partial charge < -0.3 is 9.64 Å². The molecule has 0 N–H and O–H groups in total. The fraction of sp³-hybridized carbons (Fsp3) is 0.227. The van der Waals surface area contributed by atoms with Gasteiger partial charge in [0, 0.05) is 44.0 Å². The van der Waals surface area contributed by atoms with E-state index in [-0.39, 0.29) is 5.91 Å². The zero-order valence-electron chi connectivity index (χ0n) is 16.3. The second kappa shape index (κ2) is 8.70. The highest BCUT2D eigenvalue weighted by molar-refractivity contribution is 6.04. The number of para-hydroxylation sites is 2. The van der Waals surface area contributed by atoms with Crippen molar-refractivity contribution in [3.8, 4) is 5.75 Å². The number of piperazine rings is 1. The summed E-state index contributed by atoms with van der Waals surface area (Å²) in [6.45, 7) is 2.90. The number of carbonyl (C=O) groups is 1. The summed E-state index contributed by atoms with van der Waals surface area (Å²) in [5.41, 5.74) is 1.69. The summed E-state index contributed by atoms with van der Waals surface area (Å²) in [7, 11) is 1.68. The number of anilines is 2. The molecule has 1 aliphatic rings. The molecular weight excluding hydrogens is 366 g/mol. The summed E-state index contributed by atoms with van der Waals surface area (Å²) in [6, 6.07) is 19.0. The van der Waals surface area contributed by atoms with Crippen LogP contribution in [-0.2, 0) is 0 Å². The van der Waals surface area contributed by atoms with Crippen molar-refractivity contribution < 1.29 is 9.53 Å². The van der Waals surface area contributed by atoms with Crippen LogP contribution in [0.25, 0.3) is 0 Å². The van der Waals surface area contributed by atoms with Gasteiger partial charge in [-0.05, 0) is 24.3 Å². The van der Waals surface area contributed by atoms with Gasteiger partial charge >= 0.3 is 0 Å². The third-order valence-electron chi connectivity index (χ3n) is 4.96. The number of ether oxygens (including phenoxy) is 1. The number of amides is 1. The van der Waals surface area contributed by atoms with Crippen LogP contribution in [0.3, 0.4) is 0 Å². The lowest BCUT2D eigenvalue weighted by atomic mass is 10.2. The lowest BCUT2D eigenvalue weighted by molar-refractivity contribution is 0.0885. The van der Waals surface area contributed by atoms with Crippen molar-refractivity contribution in [2.24, 2.45) is 0 Å². The third kappa shape index (κ3) is 4.05. The standard InChI is InChI=1S/C22H23N5O2/c1-29-20-10-6-5-9-19(20)25-13-15-26(16-14-25)27(21-11-12-23-17-24-21)22(28)18-7-3-2-4-8-18/h2-12,17H,13-16H2,1H3. The van der Waals surface area contributed by atoms with E-state index in [0.29, 0.717) is 24.5 Å². The van der Waals surface area contributed by atoms with Gasteiger partial charge in [-0.1, -0.05) is 30.3 Å². The van der Waals surface area contributed by atoms with Crippen LogP contribution < -0.4 is 14.6 Å². The minimum atomic E-state index is -0.102. The Hall–Kier alpha value is -3.45. The fourth-order valence-electron chi connectivity index (χ4n) is 3.52. The van der Waals surface area contributed by atoms with E-state index >= 15 is 0 Å². The molecule has 29 heavy (non-hydrogen) atoms. The van der Waals surface area contributed by atoms with Crippen molar-refractivity contribution >= 4 is 17.4 Å². The van der Waals surface area contributed by atoms with Crippen molar-refractivity contribution in [1.29, 1.82) is 0 Å². The molecule has 1 fully saturated rings. The number of aromatic nitrogens is 2. The second-order valence-electron chi connectivity index (χ2n) is 6.66. The highest BCUT2D eigenvalue weighted by Gasteiger charge is 2.29. The maximum atomic E-state index is 13.3. The Morgan fingerprint density at radius 2 is 1.69 bits per heavy atom. The average Bonchev–Trinajstić information content (AvgIpc) is 2.81. The summed E-state index contributed by atoms with van der Waals surface area (Å²) in [5, 5.41) is 3.71. The summed E-state index contributed by atoms with van der Waals surface area (Å²) >= 11 is 0. The number of carbonyl (C=O) groups excluding carboxylic acids is 1. The quantitative estimate of drug-likeness (QED) is 0.669. The van der Waals surface area contributed by atoms with E-state index in [1.165, 1.54) is 6.33 Å². The summed E-state index contributed by atoms with van der Waals surface area (Å²) in [6.07, 6.45) is 3.12. The maximum absolute atomic E-state index is 13.3. The third-order valence-corrected chi connectivity index (χ3v) is 4.96. The second-order valence-corrected chi connectivity index (χ2v) is 6.66. The van der Waals surface area contributed by atoms with E-state index in [1.807, 2.05) is 53.5 Å². The van der Waals surface area contributed by atoms with Gasteiger partial charge in [0.15, 0.2) is 5.82 Å². The molecular formula is C22H23N5O2. The van der Waals surface area contributed by atoms with Crippen molar-refractivity contribution in [3.63, 3.8) is 0 Å². The molecule has 0 spiro atoms. The van der Waals surface area contributed by atoms with Gasteiger partial charge in [-0.15, -0.1) is 0 Å². The molecule has 1 aromatic heterocycles. The van der Waals surface area contributed by atoms with E-state index < -0.39 is 0 Å². The predicted molar refractivity (Wildman–Crippen MR) is 112 cm³/mol. The zero-order valence-corrected chi connectivity index (χ0v) is 16.3. The van der Waals surface area contributed by atoms with Crippen LogP contribution in [0.2, 0.25) is 0 Å². The van der Waals surface area contributed by atoms with Gasteiger partial charge in [-0.2, -0.15) is 0 Å². The molecule has 1 aliphatic heterocycles. The minimum absolute atomic E-state index is 0.102. The molecule has 2 heterocycles. The molecule has 4 rings (SSSR count). The maximum Gasteiger partial charge on any atom is 0.274 e. The Morgan fingerprint density at radius 1 is 0.966 bits per heavy atom. The molecule has 0 radical (unpaired) electrons. The van der Waals surface area contributed by atoms with E-state index in [4.69, 9.17) is 4.74 Å². The van der Waals surface area contributed by atoms with E-state index in [0.717, 1.165) is 24.5 Å². The van der Waals surface area contributed by atoms with Crippen molar-refractivity contribution in [1.82, 2.24) is 15.0 Å². The van der Waals surface area contributed by atoms with Crippen LogP contribution in [0, 0.1) is 0 Å². The van der Waals surface area contributed by atoms with Gasteiger partial charge in [0.2, 0.25) is 0 Å². The Morgan fingerprint density at radius 3 is 2.38 bits per heavy atom. The first kappa shape index (κ1) is 18.9. The monoisotopic (exact) mass is 389 g/mol. The van der Waals surface area contributed by atoms with Gasteiger partial charge in [-0.3, -0.25) is 4.79 Å². The van der Waals surface area contributed by atoms with Gasteiger partial charge in [0.05, 0.1) is 12.8 Å². The smallest absolute Gasteiger partial charge is 0.274 e. The van der Waals surface area contributed by atoms with E-state index in [1.54, 1.807) is 24.4 Å². The zero-order chi connectivity index (χ0) is 20.1. The lowest BCUT2D eigenvalue weighted by Gasteiger charge is -2.41. The van der Waals surface area contributed by atoms with Crippen molar-refractivity contribution in [2.45, 2.75) is 0 Å². The van der Waals surface area contributed by atoms with Crippen LogP contribution >= 0.6 is 0 Å². The summed E-state index contributed by atoms with van der Waals surface area (Å²) in [5.74, 6) is 1.32. The molecule has 148 valence electrons. The number of hydrogen-bond donors (Lipinski definition) is 0. The molecule has 1 amide bonds. The average molecular weight is 389 g/mol. The number of methoxy groups -OCH3 is 1. The van der Waals surface area contributed by atoms with Crippen LogP contribution in [0.15, 0.2) is 73.2 Å². The SMILES string of the molecule is COc1ccccc1N1CCN(N(C(=O)c2ccccc2)c2ccncn2)CC1. The first-order valence-corrected chi connectivity index (χ1v) is 9.56. The van der Waals surface area contributed by atoms with Crippen molar-refractivity contribution in [3.05, 3.63) is 78.8 Å². The van der Waals surface area contributed by atoms with Crippen LogP contribution in [0.4, 0.5) is 11.5 Å².